The lowest BCUT2D eigenvalue weighted by molar-refractivity contribution is 1.16. The van der Waals surface area contributed by atoms with E-state index < -0.39 is 24.2 Å². The maximum atomic E-state index is 2.72. The summed E-state index contributed by atoms with van der Waals surface area (Å²) in [6.45, 7) is -0.280. The number of rotatable bonds is 16. The first-order valence-corrected chi connectivity index (χ1v) is 43.9. The minimum absolute atomic E-state index is 0.280. The molecule has 18 aromatic rings. The highest BCUT2D eigenvalue weighted by molar-refractivity contribution is 7.21. The first-order chi connectivity index (χ1) is 54.1. The van der Waals surface area contributed by atoms with Crippen molar-refractivity contribution in [3.05, 3.63) is 449 Å². The van der Waals surface area contributed by atoms with Crippen molar-refractivity contribution in [1.29, 1.82) is 0 Å². The monoisotopic (exact) mass is 1440 g/mol. The first kappa shape index (κ1) is 65.4. The number of hydrogen-bond acceptors (Lipinski definition) is 2. The molecule has 0 radical (unpaired) electrons. The summed E-state index contributed by atoms with van der Waals surface area (Å²) in [5.74, 6) is 0. The third-order valence-electron chi connectivity index (χ3n) is 23.4. The van der Waals surface area contributed by atoms with Crippen LogP contribution in [-0.2, 0) is 0 Å². The van der Waals surface area contributed by atoms with E-state index in [4.69, 9.17) is 0 Å². The minimum Gasteiger partial charge on any atom is -0.311 e. The Morgan fingerprint density at radius 1 is 0.183 bits per heavy atom. The molecule has 0 N–H and O–H groups in total. The van der Waals surface area contributed by atoms with E-state index in [1.54, 1.807) is 0 Å². The maximum absolute atomic E-state index is 3.23. The van der Waals surface area contributed by atoms with Gasteiger partial charge in [0.05, 0.1) is 16.7 Å². The fraction of sp³-hybridized carbons (Fsp3) is 0. The van der Waals surface area contributed by atoms with E-state index in [1.807, 2.05) is 0 Å². The van der Waals surface area contributed by atoms with Crippen LogP contribution in [0.1, 0.15) is 0 Å². The molecule has 0 saturated carbocycles. The van der Waals surface area contributed by atoms with Crippen molar-refractivity contribution in [2.75, 3.05) is 9.80 Å². The summed E-state index contributed by atoms with van der Waals surface area (Å²) in [5, 5.41) is 18.3. The van der Waals surface area contributed by atoms with Gasteiger partial charge in [0, 0.05) is 44.9 Å². The predicted molar refractivity (Wildman–Crippen MR) is 471 cm³/mol. The van der Waals surface area contributed by atoms with Crippen molar-refractivity contribution in [2.24, 2.45) is 0 Å². The summed E-state index contributed by atoms with van der Waals surface area (Å²) < 4.78 is 2.54. The van der Waals surface area contributed by atoms with Gasteiger partial charge in [-0.05, 0) is 150 Å². The molecule has 0 atom stereocenters. The topological polar surface area (TPSA) is 11.4 Å². The van der Waals surface area contributed by atoms with Crippen LogP contribution >= 0.6 is 0 Å². The molecule has 2 aliphatic rings. The second-order valence-electron chi connectivity index (χ2n) is 28.9. The standard InChI is InChI=1S/C102H74BN3Si3/c1-11-36-75(37-12-1)76-62-64-77(65-63-76)104-98-69-67-90(108(83-45-19-5-20-46-83,84-47-21-6-22-48-84)85-49-23-7-24-50-85)73-95(98)103-94-68-66-91(109(86-51-25-8-26-52-86,87-53-27-9-28-54-87)88-55-29-10-30-56-88)74-99(94)105(101-72-79(71-100(104)102(101)103)106-96-60-33-31-58-92(96)93-59-32-34-61-97(93)106)78-38-35-57-89(70-78)107(80-39-13-2-14-40-80,81-41-15-3-16-42-81)82-43-17-4-18-44-82/h1-74H. The van der Waals surface area contributed by atoms with Crippen molar-refractivity contribution in [3.8, 4) is 16.8 Å². The molecule has 2 aliphatic heterocycles. The molecule has 0 aliphatic carbocycles. The highest BCUT2D eigenvalue weighted by Gasteiger charge is 2.50. The normalized spacial score (nSPS) is 12.5. The second-order valence-corrected chi connectivity index (χ2v) is 40.4. The molecular weight excluding hydrogens is 1360 g/mol. The number of hydrogen-bond donors (Lipinski definition) is 0. The summed E-state index contributed by atoms with van der Waals surface area (Å²) in [6.07, 6.45) is 0. The Hall–Kier alpha value is -13.1. The van der Waals surface area contributed by atoms with Gasteiger partial charge in [-0.2, -0.15) is 0 Å². The Labute approximate surface area is 641 Å². The third-order valence-corrected chi connectivity index (χ3v) is 37.7. The Morgan fingerprint density at radius 2 is 0.505 bits per heavy atom. The van der Waals surface area contributed by atoms with Gasteiger partial charge in [0.1, 0.15) is 0 Å². The van der Waals surface area contributed by atoms with Crippen LogP contribution in [0.25, 0.3) is 38.6 Å². The first-order valence-electron chi connectivity index (χ1n) is 37.9. The van der Waals surface area contributed by atoms with Crippen LogP contribution in [0.3, 0.4) is 0 Å². The van der Waals surface area contributed by atoms with Gasteiger partial charge in [-0.15, -0.1) is 0 Å². The highest BCUT2D eigenvalue weighted by Crippen LogP contribution is 2.47. The van der Waals surface area contributed by atoms with E-state index >= 15 is 0 Å². The summed E-state index contributed by atoms with van der Waals surface area (Å²) in [4.78, 5) is 5.35. The Balaban J connectivity index is 0.958. The van der Waals surface area contributed by atoms with E-state index in [0.29, 0.717) is 0 Å². The van der Waals surface area contributed by atoms with Crippen LogP contribution in [0.15, 0.2) is 449 Å². The second kappa shape index (κ2) is 27.3. The van der Waals surface area contributed by atoms with Crippen molar-refractivity contribution in [1.82, 2.24) is 4.57 Å². The number of para-hydroxylation sites is 2. The number of aromatic nitrogens is 1. The molecule has 0 unspecified atom stereocenters. The lowest BCUT2D eigenvalue weighted by atomic mass is 9.33. The zero-order valence-electron chi connectivity index (χ0n) is 60.1. The Bertz CT molecular complexity index is 5990. The van der Waals surface area contributed by atoms with Gasteiger partial charge in [-0.25, -0.2) is 0 Å². The van der Waals surface area contributed by atoms with Crippen molar-refractivity contribution in [3.63, 3.8) is 0 Å². The van der Waals surface area contributed by atoms with Gasteiger partial charge in [-0.3, -0.25) is 0 Å². The number of fused-ring (bicyclic) bond motifs is 7. The number of anilines is 6. The molecule has 3 nitrogen and oxygen atoms in total. The molecule has 0 bridgehead atoms. The summed E-state index contributed by atoms with van der Waals surface area (Å²) in [7, 11) is -9.55. The molecular formula is C102H74BN3Si3. The quantitative estimate of drug-likeness (QED) is 0.0706. The van der Waals surface area contributed by atoms with Crippen LogP contribution < -0.4 is 88.4 Å². The molecule has 0 fully saturated rings. The van der Waals surface area contributed by atoms with E-state index in [2.05, 4.69) is 463 Å². The molecule has 109 heavy (non-hydrogen) atoms. The van der Waals surface area contributed by atoms with Crippen LogP contribution in [0.4, 0.5) is 34.1 Å². The average molecular weight is 1440 g/mol. The molecule has 1 aromatic heterocycles. The predicted octanol–water partition coefficient (Wildman–Crippen LogP) is 14.7. The molecule has 512 valence electrons. The van der Waals surface area contributed by atoms with E-state index in [0.717, 1.165) is 50.8 Å². The van der Waals surface area contributed by atoms with Crippen LogP contribution in [0, 0.1) is 0 Å². The molecule has 0 saturated heterocycles. The maximum Gasteiger partial charge on any atom is 0.252 e. The fourth-order valence-corrected chi connectivity index (χ4v) is 33.2. The summed E-state index contributed by atoms with van der Waals surface area (Å²) >= 11 is 0. The van der Waals surface area contributed by atoms with Gasteiger partial charge in [0.2, 0.25) is 0 Å². The Kier molecular flexibility index (Phi) is 16.4. The van der Waals surface area contributed by atoms with Gasteiger partial charge in [-0.1, -0.05) is 388 Å². The van der Waals surface area contributed by atoms with Crippen LogP contribution in [0.5, 0.6) is 0 Å². The number of nitrogens with zero attached hydrogens (tertiary/aromatic N) is 3. The molecule has 17 aromatic carbocycles. The van der Waals surface area contributed by atoms with E-state index in [-0.39, 0.29) is 6.71 Å². The smallest absolute Gasteiger partial charge is 0.252 e. The van der Waals surface area contributed by atoms with Crippen LogP contribution in [0.2, 0.25) is 0 Å². The highest BCUT2D eigenvalue weighted by atomic mass is 28.3. The molecule has 0 amide bonds. The zero-order valence-corrected chi connectivity index (χ0v) is 63.1. The lowest BCUT2D eigenvalue weighted by Gasteiger charge is -2.46. The van der Waals surface area contributed by atoms with E-state index in [9.17, 15) is 0 Å². The third kappa shape index (κ3) is 10.5. The SMILES string of the molecule is c1ccc(-c2ccc(N3c4ccc([Si](c5ccccc5)(c5ccccc5)c5ccccc5)cc4B4c5ccc([Si](c6ccccc6)(c6ccccc6)c6ccccc6)cc5N(c5cccc([Si](c6ccccc6)(c6ccccc6)c6ccccc6)c5)c5cc(-n6c7ccccc7c7ccccc76)cc3c54)cc2)cc1. The largest absolute Gasteiger partial charge is 0.311 e. The molecule has 20 rings (SSSR count). The Morgan fingerprint density at radius 3 is 0.908 bits per heavy atom. The molecule has 7 heteroatoms. The van der Waals surface area contributed by atoms with Gasteiger partial charge in [0.25, 0.3) is 6.71 Å². The van der Waals surface area contributed by atoms with Crippen molar-refractivity contribution in [2.45, 2.75) is 0 Å². The zero-order chi connectivity index (χ0) is 72.3. The number of benzene rings is 17. The van der Waals surface area contributed by atoms with E-state index in [1.165, 1.54) is 101 Å². The van der Waals surface area contributed by atoms with Gasteiger partial charge >= 0.3 is 0 Å². The van der Waals surface area contributed by atoms with Gasteiger partial charge < -0.3 is 14.4 Å². The molecule has 0 spiro atoms. The summed E-state index contributed by atoms with van der Waals surface area (Å²) in [6, 6.07) is 172. The minimum atomic E-state index is -3.23. The average Bonchev–Trinajstić information content (AvgIpc) is 1.14. The van der Waals surface area contributed by atoms with Crippen molar-refractivity contribution >= 4 is 165 Å². The van der Waals surface area contributed by atoms with Gasteiger partial charge in [0.15, 0.2) is 24.2 Å². The summed E-state index contributed by atoms with van der Waals surface area (Å²) in [5.41, 5.74) is 16.2. The lowest BCUT2D eigenvalue weighted by Crippen LogP contribution is -2.75. The molecule has 3 heterocycles. The fourth-order valence-electron chi connectivity index (χ4n) is 18.8. The van der Waals surface area contributed by atoms with Crippen LogP contribution in [-0.4, -0.2) is 35.5 Å². The van der Waals surface area contributed by atoms with Crippen molar-refractivity contribution < 1.29 is 0 Å².